The average Bonchev–Trinajstić information content (AvgIpc) is 2.30. The second kappa shape index (κ2) is 5.63. The summed E-state index contributed by atoms with van der Waals surface area (Å²) in [5, 5.41) is 2.53. The zero-order valence-electron chi connectivity index (χ0n) is 10.1. The summed E-state index contributed by atoms with van der Waals surface area (Å²) in [6.07, 6.45) is -0.555. The van der Waals surface area contributed by atoms with Crippen molar-refractivity contribution in [1.82, 2.24) is 5.32 Å². The lowest BCUT2D eigenvalue weighted by Gasteiger charge is -2.15. The first kappa shape index (κ1) is 13.4. The topological polar surface area (TPSA) is 64.3 Å². The van der Waals surface area contributed by atoms with Gasteiger partial charge in [-0.05, 0) is 25.5 Å². The molecule has 4 nitrogen and oxygen atoms in total. The minimum atomic E-state index is -0.555. The first-order valence-electron chi connectivity index (χ1n) is 5.24. The van der Waals surface area contributed by atoms with Gasteiger partial charge >= 0.3 is 0 Å². The Morgan fingerprint density at radius 3 is 2.71 bits per heavy atom. The smallest absolute Gasteiger partial charge is 0.260 e. The van der Waals surface area contributed by atoms with Crippen LogP contribution in [0.25, 0.3) is 0 Å². The summed E-state index contributed by atoms with van der Waals surface area (Å²) in [7, 11) is 1.57. The number of nitrogens with one attached hydrogen (secondary N) is 1. The molecule has 0 spiro atoms. The van der Waals surface area contributed by atoms with Crippen molar-refractivity contribution in [2.45, 2.75) is 20.0 Å². The van der Waals surface area contributed by atoms with Crippen molar-refractivity contribution < 1.29 is 9.53 Å². The molecule has 1 rings (SSSR count). The maximum Gasteiger partial charge on any atom is 0.260 e. The third kappa shape index (κ3) is 3.42. The predicted molar refractivity (Wildman–Crippen MR) is 71.2 cm³/mol. The molecule has 1 atom stereocenters. The van der Waals surface area contributed by atoms with Crippen molar-refractivity contribution in [2.75, 3.05) is 7.05 Å². The lowest BCUT2D eigenvalue weighted by atomic mass is 10.1. The molecule has 0 aliphatic carbocycles. The van der Waals surface area contributed by atoms with E-state index in [1.807, 2.05) is 19.1 Å². The molecule has 0 saturated carbocycles. The number of hydrogen-bond acceptors (Lipinski definition) is 3. The molecular formula is C12H16N2O2S. The lowest BCUT2D eigenvalue weighted by molar-refractivity contribution is -0.126. The van der Waals surface area contributed by atoms with Crippen LogP contribution >= 0.6 is 12.2 Å². The molecule has 0 radical (unpaired) electrons. The second-order valence-electron chi connectivity index (χ2n) is 3.72. The van der Waals surface area contributed by atoms with Crippen LogP contribution in [0, 0.1) is 6.92 Å². The lowest BCUT2D eigenvalue weighted by Crippen LogP contribution is -2.33. The van der Waals surface area contributed by atoms with E-state index in [0.29, 0.717) is 10.7 Å². The number of likely N-dealkylation sites (N-methyl/N-ethyl adjacent to an activating group) is 1. The van der Waals surface area contributed by atoms with Crippen molar-refractivity contribution >= 4 is 23.1 Å². The molecule has 5 heteroatoms. The normalized spacial score (nSPS) is 11.7. The van der Waals surface area contributed by atoms with Crippen LogP contribution in [-0.2, 0) is 4.79 Å². The highest BCUT2D eigenvalue weighted by molar-refractivity contribution is 7.80. The number of rotatable bonds is 4. The molecule has 17 heavy (non-hydrogen) atoms. The summed E-state index contributed by atoms with van der Waals surface area (Å²) in [5.41, 5.74) is 7.20. The Balaban J connectivity index is 2.93. The molecule has 0 heterocycles. The maximum absolute atomic E-state index is 11.4. The molecule has 1 aromatic rings. The average molecular weight is 252 g/mol. The van der Waals surface area contributed by atoms with E-state index in [0.717, 1.165) is 11.1 Å². The first-order chi connectivity index (χ1) is 7.95. The number of nitrogens with two attached hydrogens (primary N) is 1. The summed E-state index contributed by atoms with van der Waals surface area (Å²) < 4.78 is 5.56. The van der Waals surface area contributed by atoms with Gasteiger partial charge in [0.2, 0.25) is 0 Å². The summed E-state index contributed by atoms with van der Waals surface area (Å²) in [4.78, 5) is 11.7. The summed E-state index contributed by atoms with van der Waals surface area (Å²) in [5.74, 6) is 0.441. The van der Waals surface area contributed by atoms with Crippen LogP contribution in [-0.4, -0.2) is 24.0 Å². The van der Waals surface area contributed by atoms with Crippen LogP contribution in [0.4, 0.5) is 0 Å². The van der Waals surface area contributed by atoms with E-state index in [-0.39, 0.29) is 5.91 Å². The Morgan fingerprint density at radius 2 is 2.18 bits per heavy atom. The Bertz CT molecular complexity index is 446. The van der Waals surface area contributed by atoms with Crippen LogP contribution in [0.5, 0.6) is 5.75 Å². The van der Waals surface area contributed by atoms with E-state index < -0.39 is 6.10 Å². The molecule has 0 aliphatic rings. The monoisotopic (exact) mass is 252 g/mol. The van der Waals surface area contributed by atoms with Gasteiger partial charge in [0.15, 0.2) is 6.10 Å². The Hall–Kier alpha value is -1.62. The van der Waals surface area contributed by atoms with E-state index in [9.17, 15) is 4.79 Å². The summed E-state index contributed by atoms with van der Waals surface area (Å²) in [6.45, 7) is 3.58. The highest BCUT2D eigenvalue weighted by Gasteiger charge is 2.14. The maximum atomic E-state index is 11.4. The molecule has 3 N–H and O–H groups in total. The van der Waals surface area contributed by atoms with Gasteiger partial charge in [-0.25, -0.2) is 0 Å². The van der Waals surface area contributed by atoms with Crippen molar-refractivity contribution in [3.8, 4) is 5.75 Å². The summed E-state index contributed by atoms with van der Waals surface area (Å²) in [6, 6.07) is 5.44. The number of ether oxygens (including phenoxy) is 1. The molecule has 1 unspecified atom stereocenters. The molecule has 0 bridgehead atoms. The highest BCUT2D eigenvalue weighted by Crippen LogP contribution is 2.20. The van der Waals surface area contributed by atoms with Gasteiger partial charge in [0.25, 0.3) is 5.91 Å². The van der Waals surface area contributed by atoms with Gasteiger partial charge in [0.1, 0.15) is 10.7 Å². The number of amides is 1. The fourth-order valence-electron chi connectivity index (χ4n) is 1.33. The second-order valence-corrected chi connectivity index (χ2v) is 4.16. The van der Waals surface area contributed by atoms with E-state index in [4.69, 9.17) is 22.7 Å². The fourth-order valence-corrected chi connectivity index (χ4v) is 1.45. The molecular weight excluding hydrogens is 236 g/mol. The number of thiocarbonyl (C=S) groups is 1. The van der Waals surface area contributed by atoms with Gasteiger partial charge in [-0.15, -0.1) is 0 Å². The molecule has 1 amide bonds. The summed E-state index contributed by atoms with van der Waals surface area (Å²) >= 11 is 4.90. The zero-order chi connectivity index (χ0) is 13.0. The fraction of sp³-hybridized carbons (Fsp3) is 0.333. The third-order valence-electron chi connectivity index (χ3n) is 2.39. The molecule has 0 saturated heterocycles. The minimum Gasteiger partial charge on any atom is -0.481 e. The van der Waals surface area contributed by atoms with Crippen molar-refractivity contribution in [2.24, 2.45) is 5.73 Å². The Morgan fingerprint density at radius 1 is 1.53 bits per heavy atom. The van der Waals surface area contributed by atoms with Crippen LogP contribution in [0.3, 0.4) is 0 Å². The van der Waals surface area contributed by atoms with Gasteiger partial charge in [-0.3, -0.25) is 4.79 Å². The van der Waals surface area contributed by atoms with Crippen LogP contribution in [0.1, 0.15) is 18.1 Å². The standard InChI is InChI=1S/C12H16N2O2S/c1-7-4-5-9(11(13)17)6-10(7)16-8(2)12(15)14-3/h4-6,8H,1-3H3,(H2,13,17)(H,14,15). The molecule has 0 fully saturated rings. The van der Waals surface area contributed by atoms with E-state index >= 15 is 0 Å². The first-order valence-corrected chi connectivity index (χ1v) is 5.65. The van der Waals surface area contributed by atoms with Crippen LogP contribution < -0.4 is 15.8 Å². The van der Waals surface area contributed by atoms with Crippen molar-refractivity contribution in [3.63, 3.8) is 0 Å². The number of carbonyl (C=O) groups is 1. The quantitative estimate of drug-likeness (QED) is 0.789. The van der Waals surface area contributed by atoms with Gasteiger partial charge in [-0.1, -0.05) is 24.4 Å². The molecule has 1 aromatic carbocycles. The Labute approximate surface area is 106 Å². The highest BCUT2D eigenvalue weighted by atomic mass is 32.1. The molecule has 92 valence electrons. The number of benzene rings is 1. The van der Waals surface area contributed by atoms with Gasteiger partial charge in [-0.2, -0.15) is 0 Å². The molecule has 0 aliphatic heterocycles. The predicted octanol–water partition coefficient (Wildman–Crippen LogP) is 1.14. The van der Waals surface area contributed by atoms with Crippen molar-refractivity contribution in [3.05, 3.63) is 29.3 Å². The zero-order valence-corrected chi connectivity index (χ0v) is 10.9. The third-order valence-corrected chi connectivity index (χ3v) is 2.63. The van der Waals surface area contributed by atoms with E-state index in [1.54, 1.807) is 20.0 Å². The number of hydrogen-bond donors (Lipinski definition) is 2. The molecule has 0 aromatic heterocycles. The number of aryl methyl sites for hydroxylation is 1. The minimum absolute atomic E-state index is 0.176. The van der Waals surface area contributed by atoms with Crippen LogP contribution in [0.2, 0.25) is 0 Å². The van der Waals surface area contributed by atoms with Gasteiger partial charge in [0.05, 0.1) is 0 Å². The largest absolute Gasteiger partial charge is 0.481 e. The Kier molecular flexibility index (Phi) is 4.45. The van der Waals surface area contributed by atoms with Gasteiger partial charge in [0, 0.05) is 12.6 Å². The number of carbonyl (C=O) groups excluding carboxylic acids is 1. The van der Waals surface area contributed by atoms with Crippen molar-refractivity contribution in [1.29, 1.82) is 0 Å². The SMILES string of the molecule is CNC(=O)C(C)Oc1cc(C(N)=S)ccc1C. The van der Waals surface area contributed by atoms with Crippen LogP contribution in [0.15, 0.2) is 18.2 Å². The van der Waals surface area contributed by atoms with E-state index in [2.05, 4.69) is 5.32 Å². The van der Waals surface area contributed by atoms with Gasteiger partial charge < -0.3 is 15.8 Å². The van der Waals surface area contributed by atoms with E-state index in [1.165, 1.54) is 0 Å².